The Morgan fingerprint density at radius 3 is 3.12 bits per heavy atom. The molecule has 1 fully saturated rings. The van der Waals surface area contributed by atoms with Crippen molar-refractivity contribution in [2.75, 3.05) is 11.5 Å². The van der Waals surface area contributed by atoms with Crippen LogP contribution in [-0.4, -0.2) is 21.1 Å². The summed E-state index contributed by atoms with van der Waals surface area (Å²) < 4.78 is 1.87. The largest absolute Gasteiger partial charge is 0.326 e. The Balaban J connectivity index is 2.23. The third kappa shape index (κ3) is 1.57. The van der Waals surface area contributed by atoms with Gasteiger partial charge < -0.3 is 4.98 Å². The van der Waals surface area contributed by atoms with Gasteiger partial charge in [0.05, 0.1) is 11.0 Å². The minimum Gasteiger partial charge on any atom is -0.305 e. The van der Waals surface area contributed by atoms with E-state index in [0.29, 0.717) is 11.1 Å². The highest BCUT2D eigenvalue weighted by molar-refractivity contribution is 7.99. The van der Waals surface area contributed by atoms with E-state index in [9.17, 15) is 4.79 Å². The van der Waals surface area contributed by atoms with E-state index in [1.807, 2.05) is 28.5 Å². The molecule has 0 bridgehead atoms. The number of thioether (sulfide) groups is 1. The van der Waals surface area contributed by atoms with Gasteiger partial charge in [-0.05, 0) is 30.4 Å². The first kappa shape index (κ1) is 10.3. The Kier molecular flexibility index (Phi) is 2.48. The van der Waals surface area contributed by atoms with Crippen molar-refractivity contribution in [1.82, 2.24) is 9.55 Å². The standard InChI is InChI=1S/C11H11ClN2OS/c12-7-1-2-10-9(5-7)13-11(15)14(10)8-3-4-16-6-8/h1-2,5,8H,3-4,6H2,(H,13,15). The number of nitrogens with one attached hydrogen (secondary N) is 1. The van der Waals surface area contributed by atoms with E-state index in [2.05, 4.69) is 4.98 Å². The molecule has 2 aromatic rings. The number of halogens is 1. The number of rotatable bonds is 1. The van der Waals surface area contributed by atoms with E-state index in [-0.39, 0.29) is 5.69 Å². The van der Waals surface area contributed by atoms with Gasteiger partial charge in [-0.25, -0.2) is 4.79 Å². The molecular formula is C11H11ClN2OS. The van der Waals surface area contributed by atoms with Gasteiger partial charge in [-0.2, -0.15) is 11.8 Å². The van der Waals surface area contributed by atoms with Gasteiger partial charge in [0.15, 0.2) is 0 Å². The van der Waals surface area contributed by atoms with Crippen LogP contribution in [0.4, 0.5) is 0 Å². The first-order valence-electron chi connectivity index (χ1n) is 5.23. The van der Waals surface area contributed by atoms with Crippen LogP contribution in [0.15, 0.2) is 23.0 Å². The molecule has 0 amide bonds. The summed E-state index contributed by atoms with van der Waals surface area (Å²) in [6.45, 7) is 0. The zero-order valence-corrected chi connectivity index (χ0v) is 10.1. The predicted molar refractivity (Wildman–Crippen MR) is 68.5 cm³/mol. The van der Waals surface area contributed by atoms with E-state index in [1.165, 1.54) is 0 Å². The average Bonchev–Trinajstić information content (AvgIpc) is 2.83. The maximum atomic E-state index is 11.9. The van der Waals surface area contributed by atoms with Crippen LogP contribution in [0.25, 0.3) is 11.0 Å². The SMILES string of the molecule is O=c1[nH]c2cc(Cl)ccc2n1C1CCSC1. The van der Waals surface area contributed by atoms with Crippen molar-refractivity contribution in [2.45, 2.75) is 12.5 Å². The minimum atomic E-state index is -0.0234. The van der Waals surface area contributed by atoms with Crippen molar-refractivity contribution < 1.29 is 0 Å². The summed E-state index contributed by atoms with van der Waals surface area (Å²) in [4.78, 5) is 14.8. The fraction of sp³-hybridized carbons (Fsp3) is 0.364. The van der Waals surface area contributed by atoms with Gasteiger partial charge in [0.25, 0.3) is 0 Å². The molecule has 0 radical (unpaired) electrons. The summed E-state index contributed by atoms with van der Waals surface area (Å²) in [5.41, 5.74) is 1.76. The number of aromatic nitrogens is 2. The van der Waals surface area contributed by atoms with Crippen LogP contribution in [0, 0.1) is 0 Å². The summed E-state index contributed by atoms with van der Waals surface area (Å²) in [7, 11) is 0. The summed E-state index contributed by atoms with van der Waals surface area (Å²) in [5, 5.41) is 0.654. The molecule has 84 valence electrons. The van der Waals surface area contributed by atoms with E-state index in [4.69, 9.17) is 11.6 Å². The molecule has 1 saturated heterocycles. The van der Waals surface area contributed by atoms with Gasteiger partial charge in [-0.3, -0.25) is 4.57 Å². The van der Waals surface area contributed by atoms with Crippen LogP contribution in [0.5, 0.6) is 0 Å². The molecule has 0 spiro atoms. The third-order valence-electron chi connectivity index (χ3n) is 2.95. The first-order valence-corrected chi connectivity index (χ1v) is 6.76. The lowest BCUT2D eigenvalue weighted by molar-refractivity contribution is 0.559. The van der Waals surface area contributed by atoms with Gasteiger partial charge in [0.1, 0.15) is 0 Å². The molecular weight excluding hydrogens is 244 g/mol. The molecule has 2 heterocycles. The zero-order valence-electron chi connectivity index (χ0n) is 8.57. The molecule has 1 N–H and O–H groups in total. The fourth-order valence-corrected chi connectivity index (χ4v) is 3.56. The number of aromatic amines is 1. The third-order valence-corrected chi connectivity index (χ3v) is 4.33. The molecule has 0 saturated carbocycles. The number of fused-ring (bicyclic) bond motifs is 1. The molecule has 3 nitrogen and oxygen atoms in total. The number of hydrogen-bond donors (Lipinski definition) is 1. The molecule has 1 atom stereocenters. The summed E-state index contributed by atoms with van der Waals surface area (Å²) in [6.07, 6.45) is 1.07. The molecule has 1 aliphatic heterocycles. The first-order chi connectivity index (χ1) is 7.75. The Hall–Kier alpha value is -0.870. The number of benzene rings is 1. The fourth-order valence-electron chi connectivity index (χ4n) is 2.19. The average molecular weight is 255 g/mol. The van der Waals surface area contributed by atoms with Crippen molar-refractivity contribution in [3.8, 4) is 0 Å². The second-order valence-corrected chi connectivity index (χ2v) is 5.57. The smallest absolute Gasteiger partial charge is 0.305 e. The highest BCUT2D eigenvalue weighted by Gasteiger charge is 2.21. The second-order valence-electron chi connectivity index (χ2n) is 3.98. The van der Waals surface area contributed by atoms with Crippen LogP contribution in [0.3, 0.4) is 0 Å². The maximum Gasteiger partial charge on any atom is 0.326 e. The number of nitrogens with zero attached hydrogens (tertiary/aromatic N) is 1. The van der Waals surface area contributed by atoms with Crippen LogP contribution < -0.4 is 5.69 Å². The lowest BCUT2D eigenvalue weighted by Gasteiger charge is -2.10. The van der Waals surface area contributed by atoms with Crippen molar-refractivity contribution in [3.05, 3.63) is 33.7 Å². The highest BCUT2D eigenvalue weighted by Crippen LogP contribution is 2.29. The van der Waals surface area contributed by atoms with Crippen LogP contribution in [0.1, 0.15) is 12.5 Å². The predicted octanol–water partition coefficient (Wildman–Crippen LogP) is 2.66. The van der Waals surface area contributed by atoms with Crippen molar-refractivity contribution in [2.24, 2.45) is 0 Å². The number of H-pyrrole nitrogens is 1. The molecule has 1 aliphatic rings. The quantitative estimate of drug-likeness (QED) is 0.850. The molecule has 5 heteroatoms. The van der Waals surface area contributed by atoms with Crippen molar-refractivity contribution >= 4 is 34.4 Å². The molecule has 1 aromatic heterocycles. The number of imidazole rings is 1. The van der Waals surface area contributed by atoms with E-state index in [1.54, 1.807) is 6.07 Å². The molecule has 0 aliphatic carbocycles. The molecule has 3 rings (SSSR count). The normalized spacial score (nSPS) is 20.7. The molecule has 16 heavy (non-hydrogen) atoms. The van der Waals surface area contributed by atoms with Crippen molar-refractivity contribution in [1.29, 1.82) is 0 Å². The number of hydrogen-bond acceptors (Lipinski definition) is 2. The summed E-state index contributed by atoms with van der Waals surface area (Å²) in [6, 6.07) is 5.87. The van der Waals surface area contributed by atoms with Gasteiger partial charge in [0, 0.05) is 16.8 Å². The molecule has 1 aromatic carbocycles. The van der Waals surface area contributed by atoms with Gasteiger partial charge in [-0.15, -0.1) is 0 Å². The van der Waals surface area contributed by atoms with E-state index < -0.39 is 0 Å². The Labute approximate surface area is 102 Å². The van der Waals surface area contributed by atoms with Gasteiger partial charge >= 0.3 is 5.69 Å². The van der Waals surface area contributed by atoms with E-state index in [0.717, 1.165) is 29.0 Å². The van der Waals surface area contributed by atoms with Gasteiger partial charge in [0.2, 0.25) is 0 Å². The minimum absolute atomic E-state index is 0.0234. The Bertz CT molecular complexity index is 583. The second kappa shape index (κ2) is 3.86. The van der Waals surface area contributed by atoms with Gasteiger partial charge in [-0.1, -0.05) is 11.6 Å². The Morgan fingerprint density at radius 1 is 1.50 bits per heavy atom. The maximum absolute atomic E-state index is 11.9. The Morgan fingerprint density at radius 2 is 2.38 bits per heavy atom. The highest BCUT2D eigenvalue weighted by atomic mass is 35.5. The zero-order chi connectivity index (χ0) is 11.1. The lowest BCUT2D eigenvalue weighted by Crippen LogP contribution is -2.21. The lowest BCUT2D eigenvalue weighted by atomic mass is 10.2. The molecule has 1 unspecified atom stereocenters. The van der Waals surface area contributed by atoms with Crippen LogP contribution in [-0.2, 0) is 0 Å². The van der Waals surface area contributed by atoms with Crippen molar-refractivity contribution in [3.63, 3.8) is 0 Å². The summed E-state index contributed by atoms with van der Waals surface area (Å²) >= 11 is 7.81. The topological polar surface area (TPSA) is 37.8 Å². The summed E-state index contributed by atoms with van der Waals surface area (Å²) in [5.74, 6) is 2.16. The van der Waals surface area contributed by atoms with Crippen LogP contribution in [0.2, 0.25) is 5.02 Å². The monoisotopic (exact) mass is 254 g/mol. The van der Waals surface area contributed by atoms with E-state index >= 15 is 0 Å². The van der Waals surface area contributed by atoms with Crippen LogP contribution >= 0.6 is 23.4 Å².